The van der Waals surface area contributed by atoms with Crippen molar-refractivity contribution in [3.8, 4) is 0 Å². The second kappa shape index (κ2) is 9.30. The van der Waals surface area contributed by atoms with Crippen molar-refractivity contribution in [1.82, 2.24) is 5.32 Å². The number of methoxy groups -OCH3 is 1. The minimum Gasteiger partial charge on any atom is -0.385 e. The van der Waals surface area contributed by atoms with E-state index in [1.807, 2.05) is 0 Å². The molecule has 0 bridgehead atoms. The van der Waals surface area contributed by atoms with E-state index in [1.165, 1.54) is 6.42 Å². The van der Waals surface area contributed by atoms with E-state index >= 15 is 0 Å². The van der Waals surface area contributed by atoms with E-state index < -0.39 is 0 Å². The van der Waals surface area contributed by atoms with Gasteiger partial charge in [0.15, 0.2) is 0 Å². The molecule has 1 aliphatic carbocycles. The molecule has 2 N–H and O–H groups in total. The predicted molar refractivity (Wildman–Crippen MR) is 90.5 cm³/mol. The highest BCUT2D eigenvalue weighted by Crippen LogP contribution is 2.25. The number of ether oxygens (including phenoxy) is 1. The topological polar surface area (TPSA) is 67.4 Å². The number of anilines is 1. The monoisotopic (exact) mass is 318 g/mol. The highest BCUT2D eigenvalue weighted by molar-refractivity contribution is 5.96. The van der Waals surface area contributed by atoms with E-state index in [9.17, 15) is 9.59 Å². The third-order valence-corrected chi connectivity index (χ3v) is 4.20. The van der Waals surface area contributed by atoms with Crippen LogP contribution < -0.4 is 10.6 Å². The summed E-state index contributed by atoms with van der Waals surface area (Å²) in [7, 11) is 1.64. The second-order valence-corrected chi connectivity index (χ2v) is 6.00. The Morgan fingerprint density at radius 2 is 1.83 bits per heavy atom. The molecule has 0 atom stereocenters. The number of rotatable bonds is 7. The normalized spacial score (nSPS) is 15.2. The van der Waals surface area contributed by atoms with Crippen LogP contribution in [0.5, 0.6) is 0 Å². The maximum absolute atomic E-state index is 12.2. The van der Waals surface area contributed by atoms with Crippen LogP contribution in [0.2, 0.25) is 0 Å². The van der Waals surface area contributed by atoms with Gasteiger partial charge < -0.3 is 15.4 Å². The lowest BCUT2D eigenvalue weighted by Crippen LogP contribution is -2.26. The largest absolute Gasteiger partial charge is 0.385 e. The molecule has 0 aromatic heterocycles. The summed E-state index contributed by atoms with van der Waals surface area (Å²) in [6.45, 7) is 1.22. The molecule has 23 heavy (non-hydrogen) atoms. The van der Waals surface area contributed by atoms with Crippen molar-refractivity contribution in [3.63, 3.8) is 0 Å². The van der Waals surface area contributed by atoms with Crippen molar-refractivity contribution in [2.24, 2.45) is 5.92 Å². The molecular formula is C18H26N2O3. The van der Waals surface area contributed by atoms with Gasteiger partial charge in [0, 0.05) is 37.4 Å². The summed E-state index contributed by atoms with van der Waals surface area (Å²) < 4.78 is 4.94. The standard InChI is InChI=1S/C18H26N2O3/c1-23-13-5-12-19-17(21)15-8-10-16(11-9-15)20-18(22)14-6-3-2-4-7-14/h8-11,14H,2-7,12-13H2,1H3,(H,19,21)(H,20,22). The lowest BCUT2D eigenvalue weighted by atomic mass is 9.88. The first kappa shape index (κ1) is 17.5. The van der Waals surface area contributed by atoms with Crippen molar-refractivity contribution >= 4 is 17.5 Å². The van der Waals surface area contributed by atoms with E-state index in [4.69, 9.17) is 4.74 Å². The Kier molecular flexibility index (Phi) is 7.07. The third-order valence-electron chi connectivity index (χ3n) is 4.20. The summed E-state index contributed by atoms with van der Waals surface area (Å²) in [5.74, 6) is 0.125. The molecule has 1 fully saturated rings. The van der Waals surface area contributed by atoms with E-state index in [0.717, 1.165) is 37.8 Å². The fraction of sp³-hybridized carbons (Fsp3) is 0.556. The Balaban J connectivity index is 1.81. The van der Waals surface area contributed by atoms with Crippen LogP contribution >= 0.6 is 0 Å². The molecule has 0 radical (unpaired) electrons. The molecule has 1 aliphatic rings. The zero-order valence-electron chi connectivity index (χ0n) is 13.8. The summed E-state index contributed by atoms with van der Waals surface area (Å²) in [4.78, 5) is 24.1. The highest BCUT2D eigenvalue weighted by Gasteiger charge is 2.21. The second-order valence-electron chi connectivity index (χ2n) is 6.00. The van der Waals surface area contributed by atoms with E-state index in [-0.39, 0.29) is 17.7 Å². The first-order valence-corrected chi connectivity index (χ1v) is 8.39. The van der Waals surface area contributed by atoms with Crippen LogP contribution in [0.15, 0.2) is 24.3 Å². The number of carbonyl (C=O) groups excluding carboxylic acids is 2. The van der Waals surface area contributed by atoms with E-state index in [2.05, 4.69) is 10.6 Å². The van der Waals surface area contributed by atoms with Gasteiger partial charge in [0.25, 0.3) is 5.91 Å². The quantitative estimate of drug-likeness (QED) is 0.760. The number of hydrogen-bond acceptors (Lipinski definition) is 3. The maximum atomic E-state index is 12.2. The third kappa shape index (κ3) is 5.67. The Bertz CT molecular complexity index is 508. The predicted octanol–water partition coefficient (Wildman–Crippen LogP) is 2.97. The fourth-order valence-corrected chi connectivity index (χ4v) is 2.83. The van der Waals surface area contributed by atoms with Crippen molar-refractivity contribution in [3.05, 3.63) is 29.8 Å². The SMILES string of the molecule is COCCCNC(=O)c1ccc(NC(=O)C2CCCCC2)cc1. The molecular weight excluding hydrogens is 292 g/mol. The molecule has 1 aromatic carbocycles. The maximum Gasteiger partial charge on any atom is 0.251 e. The van der Waals surface area contributed by atoms with Crippen molar-refractivity contribution < 1.29 is 14.3 Å². The van der Waals surface area contributed by atoms with Crippen LogP contribution in [0.1, 0.15) is 48.9 Å². The molecule has 0 aliphatic heterocycles. The molecule has 5 nitrogen and oxygen atoms in total. The van der Waals surface area contributed by atoms with Gasteiger partial charge >= 0.3 is 0 Å². The van der Waals surface area contributed by atoms with E-state index in [1.54, 1.807) is 31.4 Å². The molecule has 126 valence electrons. The number of benzene rings is 1. The molecule has 5 heteroatoms. The average Bonchev–Trinajstić information content (AvgIpc) is 2.60. The molecule has 0 spiro atoms. The summed E-state index contributed by atoms with van der Waals surface area (Å²) in [6.07, 6.45) is 6.26. The van der Waals surface area contributed by atoms with Gasteiger partial charge in [-0.2, -0.15) is 0 Å². The lowest BCUT2D eigenvalue weighted by molar-refractivity contribution is -0.120. The summed E-state index contributed by atoms with van der Waals surface area (Å²) >= 11 is 0. The number of nitrogens with one attached hydrogen (secondary N) is 2. The fourth-order valence-electron chi connectivity index (χ4n) is 2.83. The van der Waals surface area contributed by atoms with Crippen molar-refractivity contribution in [2.75, 3.05) is 25.6 Å². The van der Waals surface area contributed by atoms with Gasteiger partial charge in [0.2, 0.25) is 5.91 Å². The van der Waals surface area contributed by atoms with Gasteiger partial charge in [-0.25, -0.2) is 0 Å². The molecule has 0 heterocycles. The molecule has 2 amide bonds. The van der Waals surface area contributed by atoms with E-state index in [0.29, 0.717) is 18.7 Å². The first-order chi connectivity index (χ1) is 11.2. The number of amides is 2. The molecule has 0 saturated heterocycles. The minimum absolute atomic E-state index is 0.0986. The van der Waals surface area contributed by atoms with Gasteiger partial charge in [-0.05, 0) is 43.5 Å². The summed E-state index contributed by atoms with van der Waals surface area (Å²) in [6, 6.07) is 7.04. The highest BCUT2D eigenvalue weighted by atomic mass is 16.5. The van der Waals surface area contributed by atoms with Crippen LogP contribution in [0.4, 0.5) is 5.69 Å². The van der Waals surface area contributed by atoms with Gasteiger partial charge in [-0.15, -0.1) is 0 Å². The van der Waals surface area contributed by atoms with Gasteiger partial charge in [-0.1, -0.05) is 19.3 Å². The van der Waals surface area contributed by atoms with Gasteiger partial charge in [0.05, 0.1) is 0 Å². The Morgan fingerprint density at radius 1 is 1.13 bits per heavy atom. The molecule has 1 aromatic rings. The summed E-state index contributed by atoms with van der Waals surface area (Å²) in [5, 5.41) is 5.79. The molecule has 2 rings (SSSR count). The van der Waals surface area contributed by atoms with Crippen molar-refractivity contribution in [1.29, 1.82) is 0 Å². The van der Waals surface area contributed by atoms with Gasteiger partial charge in [0.1, 0.15) is 0 Å². The Morgan fingerprint density at radius 3 is 2.48 bits per heavy atom. The lowest BCUT2D eigenvalue weighted by Gasteiger charge is -2.20. The number of carbonyl (C=O) groups is 2. The Hall–Kier alpha value is -1.88. The van der Waals surface area contributed by atoms with Crippen LogP contribution in [0.3, 0.4) is 0 Å². The van der Waals surface area contributed by atoms with Crippen LogP contribution in [-0.2, 0) is 9.53 Å². The van der Waals surface area contributed by atoms with Gasteiger partial charge in [-0.3, -0.25) is 9.59 Å². The molecule has 1 saturated carbocycles. The van der Waals surface area contributed by atoms with Crippen LogP contribution in [-0.4, -0.2) is 32.1 Å². The zero-order chi connectivity index (χ0) is 16.5. The Labute approximate surface area is 137 Å². The summed E-state index contributed by atoms with van der Waals surface area (Å²) in [5.41, 5.74) is 1.34. The average molecular weight is 318 g/mol. The smallest absolute Gasteiger partial charge is 0.251 e. The zero-order valence-corrected chi connectivity index (χ0v) is 13.8. The first-order valence-electron chi connectivity index (χ1n) is 8.39. The molecule has 0 unspecified atom stereocenters. The number of hydrogen-bond donors (Lipinski definition) is 2. The minimum atomic E-state index is -0.105. The van der Waals surface area contributed by atoms with Crippen LogP contribution in [0, 0.1) is 5.92 Å². The van der Waals surface area contributed by atoms with Crippen LogP contribution in [0.25, 0.3) is 0 Å². The van der Waals surface area contributed by atoms with Crippen molar-refractivity contribution in [2.45, 2.75) is 38.5 Å².